The number of hydrogen-bond acceptors (Lipinski definition) is 2. The third-order valence-corrected chi connectivity index (χ3v) is 3.38. The summed E-state index contributed by atoms with van der Waals surface area (Å²) >= 11 is 0. The lowest BCUT2D eigenvalue weighted by atomic mass is 9.87. The highest BCUT2D eigenvalue weighted by molar-refractivity contribution is 5.79. The quantitative estimate of drug-likeness (QED) is 0.699. The third-order valence-electron chi connectivity index (χ3n) is 3.38. The maximum absolute atomic E-state index is 11.8. The standard InChI is InChI=1S/C11H20N2O/c1-8-6-12-5-4-10(8)11(14)13-7-9-2-3-9/h8-10,12H,2-7H2,1H3,(H,13,14). The number of amides is 1. The van der Waals surface area contributed by atoms with Crippen LogP contribution in [0.4, 0.5) is 0 Å². The lowest BCUT2D eigenvalue weighted by Crippen LogP contribution is -2.43. The van der Waals surface area contributed by atoms with Crippen LogP contribution in [0.1, 0.15) is 26.2 Å². The molecule has 1 saturated carbocycles. The second-order valence-electron chi connectivity index (χ2n) is 4.77. The van der Waals surface area contributed by atoms with Crippen molar-refractivity contribution in [1.82, 2.24) is 10.6 Å². The average molecular weight is 196 g/mol. The number of rotatable bonds is 3. The van der Waals surface area contributed by atoms with Crippen LogP contribution in [-0.4, -0.2) is 25.5 Å². The molecule has 1 aliphatic heterocycles. The second kappa shape index (κ2) is 4.30. The van der Waals surface area contributed by atoms with Crippen molar-refractivity contribution in [3.05, 3.63) is 0 Å². The first-order valence-corrected chi connectivity index (χ1v) is 5.76. The molecule has 1 amide bonds. The van der Waals surface area contributed by atoms with Crippen LogP contribution in [0.25, 0.3) is 0 Å². The van der Waals surface area contributed by atoms with Crippen LogP contribution in [0.5, 0.6) is 0 Å². The summed E-state index contributed by atoms with van der Waals surface area (Å²) in [7, 11) is 0. The van der Waals surface area contributed by atoms with Crippen LogP contribution in [-0.2, 0) is 4.79 Å². The summed E-state index contributed by atoms with van der Waals surface area (Å²) in [6.07, 6.45) is 3.61. The molecule has 80 valence electrons. The lowest BCUT2D eigenvalue weighted by Gasteiger charge is -2.28. The predicted molar refractivity (Wildman–Crippen MR) is 55.9 cm³/mol. The molecule has 1 heterocycles. The molecule has 1 aliphatic carbocycles. The fourth-order valence-electron chi connectivity index (χ4n) is 2.10. The van der Waals surface area contributed by atoms with Gasteiger partial charge in [0.05, 0.1) is 0 Å². The van der Waals surface area contributed by atoms with Gasteiger partial charge in [0.15, 0.2) is 0 Å². The molecule has 2 aliphatic rings. The molecule has 0 bridgehead atoms. The van der Waals surface area contributed by atoms with Gasteiger partial charge in [0.1, 0.15) is 0 Å². The van der Waals surface area contributed by atoms with E-state index in [0.29, 0.717) is 5.92 Å². The van der Waals surface area contributed by atoms with Gasteiger partial charge >= 0.3 is 0 Å². The molecular formula is C11H20N2O. The van der Waals surface area contributed by atoms with E-state index in [1.807, 2.05) is 0 Å². The largest absolute Gasteiger partial charge is 0.356 e. The van der Waals surface area contributed by atoms with Gasteiger partial charge in [0.2, 0.25) is 5.91 Å². The van der Waals surface area contributed by atoms with E-state index in [1.54, 1.807) is 0 Å². The first-order chi connectivity index (χ1) is 6.77. The van der Waals surface area contributed by atoms with Gasteiger partial charge in [-0.1, -0.05) is 6.92 Å². The van der Waals surface area contributed by atoms with Gasteiger partial charge in [-0.25, -0.2) is 0 Å². The van der Waals surface area contributed by atoms with Crippen molar-refractivity contribution in [3.63, 3.8) is 0 Å². The van der Waals surface area contributed by atoms with Crippen LogP contribution in [0.15, 0.2) is 0 Å². The minimum absolute atomic E-state index is 0.245. The Morgan fingerprint density at radius 1 is 1.43 bits per heavy atom. The van der Waals surface area contributed by atoms with E-state index >= 15 is 0 Å². The molecule has 0 spiro atoms. The zero-order valence-corrected chi connectivity index (χ0v) is 8.88. The highest BCUT2D eigenvalue weighted by Gasteiger charge is 2.29. The Hall–Kier alpha value is -0.570. The van der Waals surface area contributed by atoms with Crippen molar-refractivity contribution in [1.29, 1.82) is 0 Å². The summed E-state index contributed by atoms with van der Waals surface area (Å²) in [4.78, 5) is 11.8. The summed E-state index contributed by atoms with van der Waals surface area (Å²) in [6, 6.07) is 0. The summed E-state index contributed by atoms with van der Waals surface area (Å²) in [5.41, 5.74) is 0. The molecule has 3 heteroatoms. The number of nitrogens with one attached hydrogen (secondary N) is 2. The highest BCUT2D eigenvalue weighted by atomic mass is 16.1. The van der Waals surface area contributed by atoms with E-state index in [-0.39, 0.29) is 11.8 Å². The van der Waals surface area contributed by atoms with Gasteiger partial charge in [-0.05, 0) is 44.2 Å². The summed E-state index contributed by atoms with van der Waals surface area (Å²) in [5, 5.41) is 6.39. The predicted octanol–water partition coefficient (Wildman–Crippen LogP) is 0.758. The molecule has 2 fully saturated rings. The normalized spacial score (nSPS) is 32.6. The van der Waals surface area contributed by atoms with Gasteiger partial charge in [-0.15, -0.1) is 0 Å². The smallest absolute Gasteiger partial charge is 0.223 e. The van der Waals surface area contributed by atoms with E-state index in [2.05, 4.69) is 17.6 Å². The molecule has 2 atom stereocenters. The second-order valence-corrected chi connectivity index (χ2v) is 4.77. The van der Waals surface area contributed by atoms with Crippen LogP contribution in [0.2, 0.25) is 0 Å². The topological polar surface area (TPSA) is 41.1 Å². The third kappa shape index (κ3) is 2.47. The van der Waals surface area contributed by atoms with Crippen molar-refractivity contribution < 1.29 is 4.79 Å². The fraction of sp³-hybridized carbons (Fsp3) is 0.909. The van der Waals surface area contributed by atoms with E-state index in [4.69, 9.17) is 0 Å². The van der Waals surface area contributed by atoms with Gasteiger partial charge in [0, 0.05) is 12.5 Å². The Morgan fingerprint density at radius 2 is 2.21 bits per heavy atom. The number of hydrogen-bond donors (Lipinski definition) is 2. The highest BCUT2D eigenvalue weighted by Crippen LogP contribution is 2.28. The van der Waals surface area contributed by atoms with Crippen molar-refractivity contribution >= 4 is 5.91 Å². The van der Waals surface area contributed by atoms with Crippen molar-refractivity contribution in [2.75, 3.05) is 19.6 Å². The average Bonchev–Trinajstić information content (AvgIpc) is 2.98. The minimum Gasteiger partial charge on any atom is -0.356 e. The van der Waals surface area contributed by atoms with Gasteiger partial charge < -0.3 is 10.6 Å². The number of carbonyl (C=O) groups excluding carboxylic acids is 1. The molecule has 0 radical (unpaired) electrons. The van der Waals surface area contributed by atoms with Crippen LogP contribution >= 0.6 is 0 Å². The summed E-state index contributed by atoms with van der Waals surface area (Å²) in [6.45, 7) is 5.05. The van der Waals surface area contributed by atoms with Crippen LogP contribution in [0.3, 0.4) is 0 Å². The van der Waals surface area contributed by atoms with Gasteiger partial charge in [-0.2, -0.15) is 0 Å². The Balaban J connectivity index is 1.76. The monoisotopic (exact) mass is 196 g/mol. The zero-order chi connectivity index (χ0) is 9.97. The van der Waals surface area contributed by atoms with Gasteiger partial charge in [0.25, 0.3) is 0 Å². The fourth-order valence-corrected chi connectivity index (χ4v) is 2.10. The zero-order valence-electron chi connectivity index (χ0n) is 8.88. The molecule has 0 aromatic heterocycles. The molecule has 0 aromatic rings. The molecule has 2 N–H and O–H groups in total. The Kier molecular flexibility index (Phi) is 3.06. The Bertz CT molecular complexity index is 213. The minimum atomic E-state index is 0.245. The molecule has 1 saturated heterocycles. The SMILES string of the molecule is CC1CNCCC1C(=O)NCC1CC1. The van der Waals surface area contributed by atoms with E-state index in [1.165, 1.54) is 12.8 Å². The summed E-state index contributed by atoms with van der Waals surface area (Å²) in [5.74, 6) is 1.81. The molecule has 2 unspecified atom stereocenters. The van der Waals surface area contributed by atoms with Gasteiger partial charge in [-0.3, -0.25) is 4.79 Å². The Morgan fingerprint density at radius 3 is 2.86 bits per heavy atom. The van der Waals surface area contributed by atoms with E-state index in [0.717, 1.165) is 32.0 Å². The number of carbonyl (C=O) groups is 1. The lowest BCUT2D eigenvalue weighted by molar-refractivity contribution is -0.127. The first kappa shape index (κ1) is 9.97. The number of piperidine rings is 1. The molecule has 0 aromatic carbocycles. The molecule has 2 rings (SSSR count). The maximum Gasteiger partial charge on any atom is 0.223 e. The molecule has 3 nitrogen and oxygen atoms in total. The van der Waals surface area contributed by atoms with Crippen molar-refractivity contribution in [3.8, 4) is 0 Å². The van der Waals surface area contributed by atoms with E-state index < -0.39 is 0 Å². The van der Waals surface area contributed by atoms with Crippen molar-refractivity contribution in [2.45, 2.75) is 26.2 Å². The molecule has 14 heavy (non-hydrogen) atoms. The van der Waals surface area contributed by atoms with Crippen LogP contribution in [0, 0.1) is 17.8 Å². The summed E-state index contributed by atoms with van der Waals surface area (Å²) < 4.78 is 0. The van der Waals surface area contributed by atoms with Crippen LogP contribution < -0.4 is 10.6 Å². The first-order valence-electron chi connectivity index (χ1n) is 5.76. The van der Waals surface area contributed by atoms with Crippen molar-refractivity contribution in [2.24, 2.45) is 17.8 Å². The molecular weight excluding hydrogens is 176 g/mol. The Labute approximate surface area is 85.6 Å². The van der Waals surface area contributed by atoms with E-state index in [9.17, 15) is 4.79 Å². The maximum atomic E-state index is 11.8.